The third kappa shape index (κ3) is 0.809. The van der Waals surface area contributed by atoms with Gasteiger partial charge in [-0.05, 0) is 0 Å². The molecule has 1 heterocycles. The highest BCUT2D eigenvalue weighted by atomic mass is 16.5. The van der Waals surface area contributed by atoms with Crippen molar-refractivity contribution in [2.24, 2.45) is 0 Å². The number of nitrogens with one attached hydrogen (secondary N) is 1. The van der Waals surface area contributed by atoms with Gasteiger partial charge in [0.1, 0.15) is 6.20 Å². The van der Waals surface area contributed by atoms with Crippen molar-refractivity contribution in [2.45, 2.75) is 0 Å². The van der Waals surface area contributed by atoms with Crippen molar-refractivity contribution in [3.8, 4) is 0 Å². The van der Waals surface area contributed by atoms with E-state index in [1.807, 2.05) is 5.21 Å². The van der Waals surface area contributed by atoms with Crippen LogP contribution in [0.3, 0.4) is 0 Å². The van der Waals surface area contributed by atoms with E-state index in [2.05, 4.69) is 5.10 Å². The second-order valence-electron chi connectivity index (χ2n) is 1.34. The summed E-state index contributed by atoms with van der Waals surface area (Å²) >= 11 is 0. The summed E-state index contributed by atoms with van der Waals surface area (Å²) in [6.07, 6.45) is 0.787. The van der Waals surface area contributed by atoms with Crippen LogP contribution in [0.1, 0.15) is 0 Å². The summed E-state index contributed by atoms with van der Waals surface area (Å²) in [6.45, 7) is 0. The highest BCUT2D eigenvalue weighted by Gasteiger charge is 1.93. The Labute approximate surface area is 48.3 Å². The molecule has 0 spiro atoms. The van der Waals surface area contributed by atoms with E-state index in [0.29, 0.717) is 0 Å². The molecule has 0 saturated heterocycles. The van der Waals surface area contributed by atoms with Crippen LogP contribution in [0.4, 0.5) is 0 Å². The fourth-order valence-corrected chi connectivity index (χ4v) is 0.347. The molecule has 0 aromatic carbocycles. The van der Waals surface area contributed by atoms with E-state index in [0.717, 1.165) is 6.20 Å². The number of aromatic nitrogens is 3. The van der Waals surface area contributed by atoms with Crippen molar-refractivity contribution in [2.75, 3.05) is 0 Å². The van der Waals surface area contributed by atoms with E-state index < -0.39 is 11.0 Å². The van der Waals surface area contributed by atoms with Crippen LogP contribution in [0.5, 0.6) is 0 Å². The van der Waals surface area contributed by atoms with Gasteiger partial charge in [-0.3, -0.25) is 9.59 Å². The van der Waals surface area contributed by atoms with Crippen LogP contribution < -0.4 is 11.0 Å². The van der Waals surface area contributed by atoms with Gasteiger partial charge in [0.2, 0.25) is 0 Å². The number of H-pyrrole nitrogens is 1. The first-order valence-corrected chi connectivity index (χ1v) is 2.08. The molecule has 1 aromatic rings. The third-order valence-corrected chi connectivity index (χ3v) is 0.737. The van der Waals surface area contributed by atoms with Gasteiger partial charge in [-0.1, -0.05) is 4.85 Å². The summed E-state index contributed by atoms with van der Waals surface area (Å²) in [7, 11) is 0. The Morgan fingerprint density at radius 1 is 1.67 bits per heavy atom. The maximum absolute atomic E-state index is 10.3. The van der Waals surface area contributed by atoms with Gasteiger partial charge in [0.05, 0.1) is 0 Å². The average Bonchev–Trinajstić information content (AvgIpc) is 1.83. The van der Waals surface area contributed by atoms with Crippen molar-refractivity contribution < 1.29 is 5.21 Å². The van der Waals surface area contributed by atoms with E-state index in [1.54, 1.807) is 0 Å². The van der Waals surface area contributed by atoms with E-state index in [-0.39, 0.29) is 4.85 Å². The van der Waals surface area contributed by atoms with Crippen molar-refractivity contribution in [3.63, 3.8) is 0 Å². The van der Waals surface area contributed by atoms with Crippen LogP contribution in [-0.4, -0.2) is 20.4 Å². The van der Waals surface area contributed by atoms with Crippen molar-refractivity contribution in [1.82, 2.24) is 15.2 Å². The van der Waals surface area contributed by atoms with Gasteiger partial charge < -0.3 is 5.21 Å². The maximum Gasteiger partial charge on any atom is 0.350 e. The molecule has 1 aromatic heterocycles. The van der Waals surface area contributed by atoms with Gasteiger partial charge >= 0.3 is 5.56 Å². The third-order valence-electron chi connectivity index (χ3n) is 0.737. The second kappa shape index (κ2) is 1.73. The topological polar surface area (TPSA) is 88.0 Å². The van der Waals surface area contributed by atoms with Crippen LogP contribution >= 0.6 is 0 Å². The Morgan fingerprint density at radius 3 is 2.78 bits per heavy atom. The van der Waals surface area contributed by atoms with E-state index in [9.17, 15) is 9.59 Å². The Kier molecular flexibility index (Phi) is 1.07. The van der Waals surface area contributed by atoms with E-state index in [4.69, 9.17) is 5.21 Å². The molecule has 0 amide bonds. The number of hydrogen-bond acceptors (Lipinski definition) is 4. The highest BCUT2D eigenvalue weighted by Crippen LogP contribution is 1.49. The molecule has 0 aliphatic heterocycles. The Balaban J connectivity index is 3.63. The second-order valence-corrected chi connectivity index (χ2v) is 1.34. The van der Waals surface area contributed by atoms with Crippen LogP contribution in [0.2, 0.25) is 0 Å². The van der Waals surface area contributed by atoms with E-state index >= 15 is 0 Å². The van der Waals surface area contributed by atoms with Crippen LogP contribution in [0.15, 0.2) is 15.8 Å². The predicted octanol–water partition coefficient (Wildman–Crippen LogP) is -1.83. The van der Waals surface area contributed by atoms with Gasteiger partial charge in [-0.15, -0.1) is 0 Å². The molecule has 0 unspecified atom stereocenters. The summed E-state index contributed by atoms with van der Waals surface area (Å²) in [5.74, 6) is 0. The minimum atomic E-state index is -1.04. The normalized spacial score (nSPS) is 9.33. The summed E-state index contributed by atoms with van der Waals surface area (Å²) in [4.78, 5) is 20.6. The Hall–Kier alpha value is -1.59. The molecule has 0 radical (unpaired) electrons. The van der Waals surface area contributed by atoms with Crippen molar-refractivity contribution in [1.29, 1.82) is 0 Å². The standard InChI is InChI=1S/C3H3N3O3/c7-2-1-4-5-6(9)3(2)8/h1,5,9H. The molecule has 0 bridgehead atoms. The molecule has 1 rings (SSSR count). The molecule has 0 aliphatic rings. The Morgan fingerprint density at radius 2 is 2.33 bits per heavy atom. The quantitative estimate of drug-likeness (QED) is 0.318. The molecular formula is C3H3N3O3. The largest absolute Gasteiger partial charge is 0.409 e. The summed E-state index contributed by atoms with van der Waals surface area (Å²) in [6, 6.07) is 0. The monoisotopic (exact) mass is 129 g/mol. The minimum Gasteiger partial charge on any atom is -0.409 e. The fraction of sp³-hybridized carbons (Fsp3) is 0. The lowest BCUT2D eigenvalue weighted by Crippen LogP contribution is -2.34. The molecular weight excluding hydrogens is 126 g/mol. The van der Waals surface area contributed by atoms with Gasteiger partial charge in [0, 0.05) is 0 Å². The molecule has 6 nitrogen and oxygen atoms in total. The maximum atomic E-state index is 10.3. The molecule has 0 atom stereocenters. The lowest BCUT2D eigenvalue weighted by atomic mass is 10.7. The first-order chi connectivity index (χ1) is 4.22. The zero-order chi connectivity index (χ0) is 6.85. The smallest absolute Gasteiger partial charge is 0.350 e. The predicted molar refractivity (Wildman–Crippen MR) is 26.3 cm³/mol. The van der Waals surface area contributed by atoms with Crippen LogP contribution in [-0.2, 0) is 0 Å². The minimum absolute atomic E-state index is 0.0162. The zero-order valence-corrected chi connectivity index (χ0v) is 4.24. The number of rotatable bonds is 0. The molecule has 0 saturated carbocycles. The fourth-order valence-electron chi connectivity index (χ4n) is 0.347. The van der Waals surface area contributed by atoms with Gasteiger partial charge in [0.25, 0.3) is 5.43 Å². The lowest BCUT2D eigenvalue weighted by molar-refractivity contribution is 0.123. The Bertz CT molecular complexity index is 311. The highest BCUT2D eigenvalue weighted by molar-refractivity contribution is 4.76. The van der Waals surface area contributed by atoms with Crippen LogP contribution in [0.25, 0.3) is 0 Å². The first kappa shape index (κ1) is 5.54. The van der Waals surface area contributed by atoms with E-state index in [1.165, 1.54) is 0 Å². The molecule has 0 fully saturated rings. The lowest BCUT2D eigenvalue weighted by Gasteiger charge is -1.87. The van der Waals surface area contributed by atoms with Gasteiger partial charge in [-0.2, -0.15) is 10.3 Å². The van der Waals surface area contributed by atoms with Crippen LogP contribution in [0, 0.1) is 0 Å². The summed E-state index contributed by atoms with van der Waals surface area (Å²) in [5.41, 5.74) is -1.89. The molecule has 48 valence electrons. The van der Waals surface area contributed by atoms with Crippen molar-refractivity contribution in [3.05, 3.63) is 26.8 Å². The molecule has 0 aliphatic carbocycles. The first-order valence-electron chi connectivity index (χ1n) is 2.08. The number of nitrogens with zero attached hydrogens (tertiary/aromatic N) is 2. The molecule has 9 heavy (non-hydrogen) atoms. The summed E-state index contributed by atoms with van der Waals surface area (Å²) < 4.78 is 0. The summed E-state index contributed by atoms with van der Waals surface area (Å²) in [5, 5.41) is 13.4. The van der Waals surface area contributed by atoms with Crippen molar-refractivity contribution >= 4 is 0 Å². The van der Waals surface area contributed by atoms with Gasteiger partial charge in [-0.25, -0.2) is 0 Å². The number of hydrogen-bond donors (Lipinski definition) is 2. The number of aromatic amines is 1. The average molecular weight is 129 g/mol. The molecule has 6 heteroatoms. The molecule has 2 N–H and O–H groups in total. The SMILES string of the molecule is O=c1cn[nH]n(O)c1=O. The zero-order valence-electron chi connectivity index (χ0n) is 4.24. The van der Waals surface area contributed by atoms with Gasteiger partial charge in [0.15, 0.2) is 0 Å².